The summed E-state index contributed by atoms with van der Waals surface area (Å²) in [6.07, 6.45) is 0. The van der Waals surface area contributed by atoms with Crippen LogP contribution in [0.2, 0.25) is 0 Å². The molecule has 25 heavy (non-hydrogen) atoms. The fraction of sp³-hybridized carbons (Fsp3) is 0.167. The van der Waals surface area contributed by atoms with E-state index in [4.69, 9.17) is 14.2 Å². The molecular weight excluding hydrogens is 343 g/mol. The maximum absolute atomic E-state index is 13.6. The van der Waals surface area contributed by atoms with Crippen molar-refractivity contribution < 1.29 is 18.6 Å². The van der Waals surface area contributed by atoms with E-state index in [-0.39, 0.29) is 5.82 Å². The first kappa shape index (κ1) is 15.7. The molecule has 1 N–H and O–H groups in total. The number of hydrogen-bond donors (Lipinski definition) is 1. The molecular formula is C18H15FN2O3S. The van der Waals surface area contributed by atoms with E-state index in [2.05, 4.69) is 10.3 Å². The summed E-state index contributed by atoms with van der Waals surface area (Å²) in [5.74, 6) is 1.70. The van der Waals surface area contributed by atoms with Gasteiger partial charge in [0.1, 0.15) is 24.8 Å². The largest absolute Gasteiger partial charge is 0.496 e. The Balaban J connectivity index is 1.59. The number of halogens is 1. The molecule has 1 aliphatic heterocycles. The number of thiazole rings is 1. The minimum atomic E-state index is -0.329. The second-order valence-corrected chi connectivity index (χ2v) is 6.22. The quantitative estimate of drug-likeness (QED) is 0.746. The van der Waals surface area contributed by atoms with Crippen molar-refractivity contribution >= 4 is 22.2 Å². The predicted molar refractivity (Wildman–Crippen MR) is 94.8 cm³/mol. The van der Waals surface area contributed by atoms with Crippen molar-refractivity contribution in [3.05, 3.63) is 47.6 Å². The van der Waals surface area contributed by atoms with Crippen LogP contribution < -0.4 is 19.5 Å². The van der Waals surface area contributed by atoms with E-state index in [1.54, 1.807) is 13.2 Å². The number of aromatic nitrogens is 1. The lowest BCUT2D eigenvalue weighted by Crippen LogP contribution is -2.15. The van der Waals surface area contributed by atoms with E-state index in [1.165, 1.54) is 23.5 Å². The molecule has 0 amide bonds. The highest BCUT2D eigenvalue weighted by molar-refractivity contribution is 7.14. The van der Waals surface area contributed by atoms with Gasteiger partial charge in [0.15, 0.2) is 16.6 Å². The second-order valence-electron chi connectivity index (χ2n) is 5.37. The van der Waals surface area contributed by atoms with Crippen LogP contribution in [-0.2, 0) is 0 Å². The Morgan fingerprint density at radius 2 is 1.96 bits per heavy atom. The fourth-order valence-corrected chi connectivity index (χ4v) is 3.31. The molecule has 0 aliphatic carbocycles. The van der Waals surface area contributed by atoms with Crippen molar-refractivity contribution in [1.29, 1.82) is 0 Å². The summed E-state index contributed by atoms with van der Waals surface area (Å²) >= 11 is 1.43. The fourth-order valence-electron chi connectivity index (χ4n) is 2.58. The number of nitrogens with one attached hydrogen (secondary N) is 1. The van der Waals surface area contributed by atoms with Crippen LogP contribution in [0.1, 0.15) is 0 Å². The van der Waals surface area contributed by atoms with Crippen molar-refractivity contribution in [2.45, 2.75) is 0 Å². The van der Waals surface area contributed by atoms with Crippen LogP contribution in [0.3, 0.4) is 0 Å². The Hall–Kier alpha value is -2.80. The summed E-state index contributed by atoms with van der Waals surface area (Å²) < 4.78 is 29.9. The highest BCUT2D eigenvalue weighted by atomic mass is 32.1. The topological polar surface area (TPSA) is 52.6 Å². The Kier molecular flexibility index (Phi) is 4.15. The molecule has 5 nitrogen and oxygen atoms in total. The van der Waals surface area contributed by atoms with Gasteiger partial charge < -0.3 is 19.5 Å². The van der Waals surface area contributed by atoms with Gasteiger partial charge in [0.2, 0.25) is 0 Å². The normalized spacial score (nSPS) is 12.7. The van der Waals surface area contributed by atoms with Crippen LogP contribution in [0.15, 0.2) is 41.8 Å². The Morgan fingerprint density at radius 3 is 2.80 bits per heavy atom. The third-order valence-electron chi connectivity index (χ3n) is 3.74. The first-order valence-corrected chi connectivity index (χ1v) is 8.57. The zero-order valence-electron chi connectivity index (χ0n) is 13.4. The molecule has 1 aromatic heterocycles. The van der Waals surface area contributed by atoms with Gasteiger partial charge in [-0.2, -0.15) is 0 Å². The molecule has 0 saturated carbocycles. The third kappa shape index (κ3) is 3.23. The van der Waals surface area contributed by atoms with Crippen molar-refractivity contribution in [1.82, 2.24) is 4.98 Å². The van der Waals surface area contributed by atoms with E-state index in [9.17, 15) is 4.39 Å². The minimum Gasteiger partial charge on any atom is -0.496 e. The maximum Gasteiger partial charge on any atom is 0.187 e. The molecule has 128 valence electrons. The number of ether oxygens (including phenoxy) is 3. The number of hydrogen-bond acceptors (Lipinski definition) is 6. The van der Waals surface area contributed by atoms with Gasteiger partial charge in [-0.25, -0.2) is 9.37 Å². The molecule has 0 bridgehead atoms. The van der Waals surface area contributed by atoms with E-state index < -0.39 is 0 Å². The van der Waals surface area contributed by atoms with Gasteiger partial charge in [-0.1, -0.05) is 0 Å². The summed E-state index contributed by atoms with van der Waals surface area (Å²) in [7, 11) is 1.55. The van der Waals surface area contributed by atoms with E-state index in [1.807, 2.05) is 23.6 Å². The number of fused-ring (bicyclic) bond motifs is 1. The molecule has 2 aromatic carbocycles. The third-order valence-corrected chi connectivity index (χ3v) is 4.49. The van der Waals surface area contributed by atoms with Gasteiger partial charge in [0.25, 0.3) is 0 Å². The molecule has 0 unspecified atom stereocenters. The summed E-state index contributed by atoms with van der Waals surface area (Å²) in [6, 6.07) is 10.0. The molecule has 1 aliphatic rings. The SMILES string of the molecule is COc1ccc(F)cc1-c1csc(Nc2ccc3c(c2)OCCO3)n1. The van der Waals surface area contributed by atoms with Crippen LogP contribution in [0.5, 0.6) is 17.2 Å². The summed E-state index contributed by atoms with van der Waals surface area (Å²) in [5.41, 5.74) is 2.12. The Morgan fingerprint density at radius 1 is 1.12 bits per heavy atom. The zero-order chi connectivity index (χ0) is 17.2. The lowest BCUT2D eigenvalue weighted by molar-refractivity contribution is 0.171. The molecule has 0 atom stereocenters. The smallest absolute Gasteiger partial charge is 0.187 e. The number of benzene rings is 2. The molecule has 0 radical (unpaired) electrons. The average Bonchev–Trinajstić information content (AvgIpc) is 3.10. The average molecular weight is 358 g/mol. The Bertz CT molecular complexity index is 913. The first-order valence-electron chi connectivity index (χ1n) is 7.69. The standard InChI is InChI=1S/C18H15FN2O3S/c1-22-15-4-2-11(19)8-13(15)14-10-25-18(21-14)20-12-3-5-16-17(9-12)24-7-6-23-16/h2-5,8-10H,6-7H2,1H3,(H,20,21). The number of rotatable bonds is 4. The molecule has 7 heteroatoms. The molecule has 0 saturated heterocycles. The van der Waals surface area contributed by atoms with E-state index in [0.717, 1.165) is 11.4 Å². The first-order chi connectivity index (χ1) is 12.2. The Labute approximate surface area is 148 Å². The van der Waals surface area contributed by atoms with Crippen LogP contribution in [-0.4, -0.2) is 25.3 Å². The van der Waals surface area contributed by atoms with Gasteiger partial charge in [-0.05, 0) is 30.3 Å². The van der Waals surface area contributed by atoms with Crippen molar-refractivity contribution in [2.75, 3.05) is 25.6 Å². The monoisotopic (exact) mass is 358 g/mol. The molecule has 0 spiro atoms. The number of anilines is 2. The van der Waals surface area contributed by atoms with Gasteiger partial charge in [0, 0.05) is 22.7 Å². The van der Waals surface area contributed by atoms with Crippen molar-refractivity contribution in [3.63, 3.8) is 0 Å². The van der Waals surface area contributed by atoms with Gasteiger partial charge in [0.05, 0.1) is 12.8 Å². The zero-order valence-corrected chi connectivity index (χ0v) is 14.2. The molecule has 3 aromatic rings. The van der Waals surface area contributed by atoms with Gasteiger partial charge in [-0.15, -0.1) is 11.3 Å². The molecule has 0 fully saturated rings. The minimum absolute atomic E-state index is 0.329. The van der Waals surface area contributed by atoms with E-state index in [0.29, 0.717) is 41.1 Å². The second kappa shape index (κ2) is 6.60. The number of nitrogens with zero attached hydrogens (tertiary/aromatic N) is 1. The van der Waals surface area contributed by atoms with E-state index >= 15 is 0 Å². The predicted octanol–water partition coefficient (Wildman–Crippen LogP) is 4.47. The van der Waals surface area contributed by atoms with Crippen molar-refractivity contribution in [2.24, 2.45) is 0 Å². The van der Waals surface area contributed by atoms with Crippen LogP contribution in [0.4, 0.5) is 15.2 Å². The van der Waals surface area contributed by atoms with Gasteiger partial charge in [-0.3, -0.25) is 0 Å². The van der Waals surface area contributed by atoms with Crippen LogP contribution in [0.25, 0.3) is 11.3 Å². The maximum atomic E-state index is 13.6. The van der Waals surface area contributed by atoms with Gasteiger partial charge >= 0.3 is 0 Å². The summed E-state index contributed by atoms with van der Waals surface area (Å²) in [6.45, 7) is 1.10. The van der Waals surface area contributed by atoms with Crippen LogP contribution in [0, 0.1) is 5.82 Å². The summed E-state index contributed by atoms with van der Waals surface area (Å²) in [5, 5.41) is 5.78. The highest BCUT2D eigenvalue weighted by Gasteiger charge is 2.14. The highest BCUT2D eigenvalue weighted by Crippen LogP contribution is 2.36. The molecule has 4 rings (SSSR count). The lowest BCUT2D eigenvalue weighted by Gasteiger charge is -2.18. The molecule has 2 heterocycles. The lowest BCUT2D eigenvalue weighted by atomic mass is 10.1. The van der Waals surface area contributed by atoms with Crippen molar-refractivity contribution in [3.8, 4) is 28.5 Å². The summed E-state index contributed by atoms with van der Waals surface area (Å²) in [4.78, 5) is 4.53. The van der Waals surface area contributed by atoms with Crippen LogP contribution >= 0.6 is 11.3 Å². The number of methoxy groups -OCH3 is 1.